The zero-order chi connectivity index (χ0) is 22.9. The van der Waals surface area contributed by atoms with Crippen molar-refractivity contribution in [3.8, 4) is 0 Å². The summed E-state index contributed by atoms with van der Waals surface area (Å²) in [4.78, 5) is 28.6. The minimum atomic E-state index is -0.739. The van der Waals surface area contributed by atoms with Crippen molar-refractivity contribution in [1.29, 1.82) is 0 Å². The highest BCUT2D eigenvalue weighted by molar-refractivity contribution is 9.10. The van der Waals surface area contributed by atoms with E-state index in [1.165, 1.54) is 0 Å². The average Bonchev–Trinajstić information content (AvgIpc) is 3.57. The van der Waals surface area contributed by atoms with Crippen molar-refractivity contribution in [2.45, 2.75) is 49.6 Å². The van der Waals surface area contributed by atoms with E-state index in [4.69, 9.17) is 28.9 Å². The molecule has 0 bridgehead atoms. The van der Waals surface area contributed by atoms with E-state index in [-0.39, 0.29) is 11.9 Å². The third-order valence-electron chi connectivity index (χ3n) is 6.51. The van der Waals surface area contributed by atoms with Crippen LogP contribution in [0.5, 0.6) is 0 Å². The van der Waals surface area contributed by atoms with Gasteiger partial charge in [0, 0.05) is 33.5 Å². The molecule has 32 heavy (non-hydrogen) atoms. The van der Waals surface area contributed by atoms with Crippen LogP contribution in [0.1, 0.15) is 36.8 Å². The first-order valence-electron chi connectivity index (χ1n) is 10.8. The van der Waals surface area contributed by atoms with Crippen LogP contribution in [0, 0.1) is 0 Å². The van der Waals surface area contributed by atoms with Gasteiger partial charge in [0.1, 0.15) is 6.04 Å². The Morgan fingerprint density at radius 3 is 2.47 bits per heavy atom. The molecule has 4 rings (SSSR count). The Balaban J connectivity index is 1.71. The van der Waals surface area contributed by atoms with E-state index >= 15 is 0 Å². The molecule has 0 aromatic heterocycles. The zero-order valence-corrected chi connectivity index (χ0v) is 20.7. The first-order valence-corrected chi connectivity index (χ1v) is 12.4. The number of hydrogen-bond donors (Lipinski definition) is 2. The lowest BCUT2D eigenvalue weighted by Crippen LogP contribution is -2.59. The summed E-state index contributed by atoms with van der Waals surface area (Å²) in [7, 11) is 0. The molecule has 1 saturated carbocycles. The molecule has 2 fully saturated rings. The monoisotopic (exact) mass is 537 g/mol. The van der Waals surface area contributed by atoms with Crippen LogP contribution in [0.2, 0.25) is 10.0 Å². The Morgan fingerprint density at radius 1 is 1.19 bits per heavy atom. The van der Waals surface area contributed by atoms with E-state index in [9.17, 15) is 9.59 Å². The quantitative estimate of drug-likeness (QED) is 0.546. The summed E-state index contributed by atoms with van der Waals surface area (Å²) < 4.78 is 0.954. The largest absolute Gasteiger partial charge is 0.368 e. The number of primary amides is 1. The lowest BCUT2D eigenvalue weighted by atomic mass is 9.90. The lowest BCUT2D eigenvalue weighted by molar-refractivity contribution is -0.144. The first-order chi connectivity index (χ1) is 15.3. The van der Waals surface area contributed by atoms with Crippen LogP contribution in [0.25, 0.3) is 0 Å². The zero-order valence-electron chi connectivity index (χ0n) is 17.6. The summed E-state index contributed by atoms with van der Waals surface area (Å²) >= 11 is 16.0. The molecule has 3 N–H and O–H groups in total. The molecule has 0 spiro atoms. The highest BCUT2D eigenvalue weighted by Crippen LogP contribution is 2.52. The number of rotatable bonds is 7. The van der Waals surface area contributed by atoms with E-state index in [0.29, 0.717) is 35.9 Å². The Bertz CT molecular complexity index is 1000. The Labute approximate surface area is 206 Å². The van der Waals surface area contributed by atoms with Gasteiger partial charge in [0.15, 0.2) is 0 Å². The fourth-order valence-corrected chi connectivity index (χ4v) is 5.51. The highest BCUT2D eigenvalue weighted by Gasteiger charge is 2.56. The molecule has 2 aliphatic rings. The molecule has 5 nitrogen and oxygen atoms in total. The Hall–Kier alpha value is -1.60. The number of amides is 2. The summed E-state index contributed by atoms with van der Waals surface area (Å²) in [5.41, 5.74) is 6.90. The molecule has 2 aromatic carbocycles. The number of hydrogen-bond acceptors (Lipinski definition) is 3. The van der Waals surface area contributed by atoms with Crippen molar-refractivity contribution in [3.05, 3.63) is 68.1 Å². The van der Waals surface area contributed by atoms with Gasteiger partial charge < -0.3 is 16.0 Å². The van der Waals surface area contributed by atoms with Gasteiger partial charge in [-0.05, 0) is 67.6 Å². The van der Waals surface area contributed by atoms with Crippen LogP contribution >= 0.6 is 39.1 Å². The third kappa shape index (κ3) is 4.84. The predicted octanol–water partition coefficient (Wildman–Crippen LogP) is 4.46. The van der Waals surface area contributed by atoms with E-state index in [2.05, 4.69) is 21.2 Å². The number of carbonyl (C=O) groups is 2. The first kappa shape index (κ1) is 23.6. The number of nitrogens with zero attached hydrogens (tertiary/aromatic N) is 1. The smallest absolute Gasteiger partial charge is 0.240 e. The molecule has 0 unspecified atom stereocenters. The van der Waals surface area contributed by atoms with Gasteiger partial charge >= 0.3 is 0 Å². The molecule has 1 aliphatic heterocycles. The summed E-state index contributed by atoms with van der Waals surface area (Å²) in [5.74, 6) is -0.568. The molecule has 2 amide bonds. The second-order valence-electron chi connectivity index (χ2n) is 8.67. The van der Waals surface area contributed by atoms with Crippen molar-refractivity contribution in [2.75, 3.05) is 13.1 Å². The number of nitrogens with two attached hydrogens (primary N) is 1. The van der Waals surface area contributed by atoms with E-state index in [1.807, 2.05) is 30.3 Å². The molecule has 1 heterocycles. The van der Waals surface area contributed by atoms with Crippen LogP contribution in [0.4, 0.5) is 0 Å². The summed E-state index contributed by atoms with van der Waals surface area (Å²) in [6.45, 7) is 1.54. The van der Waals surface area contributed by atoms with Crippen LogP contribution in [-0.2, 0) is 21.4 Å². The minimum absolute atomic E-state index is 0.0728. The summed E-state index contributed by atoms with van der Waals surface area (Å²) in [6, 6.07) is 12.2. The van der Waals surface area contributed by atoms with Crippen molar-refractivity contribution in [1.82, 2.24) is 10.2 Å². The predicted molar refractivity (Wildman–Crippen MR) is 131 cm³/mol. The normalized spacial score (nSPS) is 20.4. The van der Waals surface area contributed by atoms with Gasteiger partial charge in [-0.2, -0.15) is 0 Å². The maximum atomic E-state index is 14.1. The van der Waals surface area contributed by atoms with Crippen molar-refractivity contribution < 1.29 is 9.59 Å². The van der Waals surface area contributed by atoms with Crippen molar-refractivity contribution >= 4 is 50.9 Å². The molecule has 8 heteroatoms. The number of nitrogens with one attached hydrogen (secondary N) is 1. The van der Waals surface area contributed by atoms with Gasteiger partial charge in [-0.25, -0.2) is 0 Å². The van der Waals surface area contributed by atoms with E-state index in [1.54, 1.807) is 17.0 Å². The van der Waals surface area contributed by atoms with Crippen LogP contribution in [0.15, 0.2) is 46.9 Å². The molecule has 0 radical (unpaired) electrons. The van der Waals surface area contributed by atoms with Gasteiger partial charge in [0.25, 0.3) is 0 Å². The maximum Gasteiger partial charge on any atom is 0.240 e. The number of piperidine rings is 1. The van der Waals surface area contributed by atoms with Crippen molar-refractivity contribution in [3.63, 3.8) is 0 Å². The van der Waals surface area contributed by atoms with Gasteiger partial charge in [-0.3, -0.25) is 9.59 Å². The van der Waals surface area contributed by atoms with Crippen LogP contribution in [-0.4, -0.2) is 41.9 Å². The molecule has 2 atom stereocenters. The molecule has 170 valence electrons. The van der Waals surface area contributed by atoms with Crippen LogP contribution < -0.4 is 11.1 Å². The number of halogens is 3. The van der Waals surface area contributed by atoms with Gasteiger partial charge in [0.05, 0.1) is 5.41 Å². The van der Waals surface area contributed by atoms with Crippen LogP contribution in [0.3, 0.4) is 0 Å². The minimum Gasteiger partial charge on any atom is -0.368 e. The average molecular weight is 539 g/mol. The highest BCUT2D eigenvalue weighted by atomic mass is 79.9. The fraction of sp³-hybridized carbons (Fsp3) is 0.417. The number of carbonyl (C=O) groups excluding carboxylic acids is 2. The van der Waals surface area contributed by atoms with E-state index < -0.39 is 17.4 Å². The Kier molecular flexibility index (Phi) is 7.15. The maximum absolute atomic E-state index is 14.1. The molecular weight excluding hydrogens is 513 g/mol. The van der Waals surface area contributed by atoms with Gasteiger partial charge in [0.2, 0.25) is 11.8 Å². The molecule has 2 aromatic rings. The SMILES string of the molecule is NC(=O)[C@H](Cc1ccc(Br)cc1)N(C(=O)C1(c2ccc(Cl)cc2Cl)CC1)[C@@H]1CCCNC1. The summed E-state index contributed by atoms with van der Waals surface area (Å²) in [6.07, 6.45) is 3.51. The van der Waals surface area contributed by atoms with Crippen molar-refractivity contribution in [2.24, 2.45) is 5.73 Å². The lowest BCUT2D eigenvalue weighted by Gasteiger charge is -2.41. The number of benzene rings is 2. The molecule has 1 saturated heterocycles. The van der Waals surface area contributed by atoms with Gasteiger partial charge in [-0.15, -0.1) is 0 Å². The summed E-state index contributed by atoms with van der Waals surface area (Å²) in [5, 5.41) is 4.38. The second kappa shape index (κ2) is 9.72. The second-order valence-corrected chi connectivity index (χ2v) is 10.4. The molecular formula is C24H26BrCl2N3O2. The molecule has 1 aliphatic carbocycles. The van der Waals surface area contributed by atoms with Gasteiger partial charge in [-0.1, -0.05) is 57.3 Å². The third-order valence-corrected chi connectivity index (χ3v) is 7.59. The fourth-order valence-electron chi connectivity index (χ4n) is 4.66. The Morgan fingerprint density at radius 2 is 1.91 bits per heavy atom. The standard InChI is InChI=1S/C24H26BrCl2N3O2/c25-16-5-3-15(4-6-16)12-21(22(28)31)30(18-2-1-11-29-14-18)23(32)24(9-10-24)19-8-7-17(26)13-20(19)27/h3-8,13,18,21,29H,1-2,9-12,14H2,(H2,28,31)/t18-,21+/m1/s1. The van der Waals surface area contributed by atoms with E-state index in [0.717, 1.165) is 35.0 Å². The topological polar surface area (TPSA) is 75.4 Å².